The van der Waals surface area contributed by atoms with Crippen LogP contribution in [0.2, 0.25) is 0 Å². The maximum absolute atomic E-state index is 11.9. The van der Waals surface area contributed by atoms with E-state index in [4.69, 9.17) is 0 Å². The molecule has 0 radical (unpaired) electrons. The van der Waals surface area contributed by atoms with Crippen LogP contribution in [0.3, 0.4) is 0 Å². The van der Waals surface area contributed by atoms with Crippen LogP contribution >= 0.6 is 11.8 Å². The number of carbonyl (C=O) groups excluding carboxylic acids is 2. The average molecular weight is 272 g/mol. The zero-order valence-electron chi connectivity index (χ0n) is 11.6. The van der Waals surface area contributed by atoms with Crippen LogP contribution in [-0.2, 0) is 9.59 Å². The minimum absolute atomic E-state index is 0.106. The fourth-order valence-corrected chi connectivity index (χ4v) is 2.50. The molecule has 0 aromatic heterocycles. The maximum atomic E-state index is 11.9. The summed E-state index contributed by atoms with van der Waals surface area (Å²) in [7, 11) is 0. The van der Waals surface area contributed by atoms with E-state index in [9.17, 15) is 9.59 Å². The lowest BCUT2D eigenvalue weighted by Crippen LogP contribution is -2.47. The highest BCUT2D eigenvalue weighted by Gasteiger charge is 2.23. The zero-order valence-corrected chi connectivity index (χ0v) is 12.4. The minimum Gasteiger partial charge on any atom is -0.353 e. The molecule has 5 heteroatoms. The molecule has 1 fully saturated rings. The number of likely N-dealkylation sites (tertiary alicyclic amines) is 1. The summed E-state index contributed by atoms with van der Waals surface area (Å²) in [5.41, 5.74) is 0. The molecule has 1 aliphatic rings. The molecule has 1 N–H and O–H groups in total. The molecule has 1 heterocycles. The zero-order chi connectivity index (χ0) is 13.5. The van der Waals surface area contributed by atoms with Gasteiger partial charge in [0.15, 0.2) is 0 Å². The molecule has 0 aromatic rings. The van der Waals surface area contributed by atoms with E-state index >= 15 is 0 Å². The molecule has 2 amide bonds. The predicted octanol–water partition coefficient (Wildman–Crippen LogP) is 1.50. The molecule has 0 aliphatic carbocycles. The van der Waals surface area contributed by atoms with Gasteiger partial charge in [0, 0.05) is 25.6 Å². The van der Waals surface area contributed by atoms with Crippen LogP contribution in [0.1, 0.15) is 33.1 Å². The third kappa shape index (κ3) is 5.29. The number of piperidine rings is 1. The quantitative estimate of drug-likeness (QED) is 0.825. The smallest absolute Gasteiger partial charge is 0.230 e. The summed E-state index contributed by atoms with van der Waals surface area (Å²) in [6.07, 6.45) is 4.31. The number of thioether (sulfide) groups is 1. The van der Waals surface area contributed by atoms with Gasteiger partial charge in [-0.2, -0.15) is 11.8 Å². The van der Waals surface area contributed by atoms with Gasteiger partial charge < -0.3 is 10.2 Å². The number of carbonyl (C=O) groups is 2. The summed E-state index contributed by atoms with van der Waals surface area (Å²) >= 11 is 1.53. The van der Waals surface area contributed by atoms with Crippen LogP contribution in [0, 0.1) is 5.92 Å². The van der Waals surface area contributed by atoms with Gasteiger partial charge in [-0.3, -0.25) is 9.59 Å². The van der Waals surface area contributed by atoms with Crippen LogP contribution < -0.4 is 5.32 Å². The molecule has 0 saturated carbocycles. The van der Waals surface area contributed by atoms with Crippen LogP contribution in [-0.4, -0.2) is 47.9 Å². The summed E-state index contributed by atoms with van der Waals surface area (Å²) in [5.74, 6) is 1.29. The van der Waals surface area contributed by atoms with Crippen LogP contribution in [0.4, 0.5) is 0 Å². The second-order valence-corrected chi connectivity index (χ2v) is 6.12. The number of hydrogen-bond donors (Lipinski definition) is 1. The standard InChI is InChI=1S/C13H24N2O2S/c1-10(2)8-13(17)15-6-4-11(5-7-15)14-12(16)9-18-3/h10-11H,4-9H2,1-3H3,(H,14,16). The Bertz CT molecular complexity index is 287. The Morgan fingerprint density at radius 2 is 1.94 bits per heavy atom. The van der Waals surface area contributed by atoms with E-state index in [1.807, 2.05) is 11.2 Å². The van der Waals surface area contributed by atoms with Crippen molar-refractivity contribution in [3.8, 4) is 0 Å². The molecule has 1 saturated heterocycles. The predicted molar refractivity (Wildman–Crippen MR) is 75.6 cm³/mol. The first-order valence-corrected chi connectivity index (χ1v) is 7.98. The van der Waals surface area contributed by atoms with Crippen molar-refractivity contribution in [3.05, 3.63) is 0 Å². The van der Waals surface area contributed by atoms with Gasteiger partial charge in [-0.25, -0.2) is 0 Å². The number of hydrogen-bond acceptors (Lipinski definition) is 3. The molecule has 0 aromatic carbocycles. The lowest BCUT2D eigenvalue weighted by molar-refractivity contribution is -0.133. The Morgan fingerprint density at radius 3 is 2.44 bits per heavy atom. The minimum atomic E-state index is 0.106. The van der Waals surface area contributed by atoms with Crippen molar-refractivity contribution in [1.29, 1.82) is 0 Å². The summed E-state index contributed by atoms with van der Waals surface area (Å²) in [4.78, 5) is 25.3. The van der Waals surface area contributed by atoms with Crippen LogP contribution in [0.5, 0.6) is 0 Å². The Hall–Kier alpha value is -0.710. The van der Waals surface area contributed by atoms with Crippen molar-refractivity contribution in [2.45, 2.75) is 39.2 Å². The van der Waals surface area contributed by atoms with E-state index in [-0.39, 0.29) is 17.9 Å². The number of nitrogens with one attached hydrogen (secondary N) is 1. The summed E-state index contributed by atoms with van der Waals surface area (Å²) in [6, 6.07) is 0.243. The highest BCUT2D eigenvalue weighted by Crippen LogP contribution is 2.13. The third-order valence-corrected chi connectivity index (χ3v) is 3.62. The SMILES string of the molecule is CSCC(=O)NC1CCN(C(=O)CC(C)C)CC1. The van der Waals surface area contributed by atoms with Gasteiger partial charge in [0.05, 0.1) is 5.75 Å². The monoisotopic (exact) mass is 272 g/mol. The average Bonchev–Trinajstić information content (AvgIpc) is 2.29. The maximum Gasteiger partial charge on any atom is 0.230 e. The first-order chi connectivity index (χ1) is 8.52. The first kappa shape index (κ1) is 15.3. The largest absolute Gasteiger partial charge is 0.353 e. The highest BCUT2D eigenvalue weighted by atomic mass is 32.2. The van der Waals surface area contributed by atoms with Gasteiger partial charge in [-0.1, -0.05) is 13.8 Å². The fourth-order valence-electron chi connectivity index (χ4n) is 2.15. The van der Waals surface area contributed by atoms with Crippen LogP contribution in [0.15, 0.2) is 0 Å². The van der Waals surface area contributed by atoms with Gasteiger partial charge in [-0.05, 0) is 25.0 Å². The number of nitrogens with zero attached hydrogens (tertiary/aromatic N) is 1. The van der Waals surface area contributed by atoms with Gasteiger partial charge in [0.25, 0.3) is 0 Å². The van der Waals surface area contributed by atoms with Crippen molar-refractivity contribution in [3.63, 3.8) is 0 Å². The molecule has 18 heavy (non-hydrogen) atoms. The van der Waals surface area contributed by atoms with Crippen molar-refractivity contribution in [2.24, 2.45) is 5.92 Å². The number of amides is 2. The molecular formula is C13H24N2O2S. The van der Waals surface area contributed by atoms with Gasteiger partial charge >= 0.3 is 0 Å². The lowest BCUT2D eigenvalue weighted by atomic mass is 10.0. The molecule has 0 spiro atoms. The summed E-state index contributed by atoms with van der Waals surface area (Å²) < 4.78 is 0. The van der Waals surface area contributed by atoms with Crippen molar-refractivity contribution >= 4 is 23.6 Å². The highest BCUT2D eigenvalue weighted by molar-refractivity contribution is 7.99. The molecule has 4 nitrogen and oxygen atoms in total. The molecular weight excluding hydrogens is 248 g/mol. The Morgan fingerprint density at radius 1 is 1.33 bits per heavy atom. The Labute approximate surface area is 114 Å². The normalized spacial score (nSPS) is 17.0. The summed E-state index contributed by atoms with van der Waals surface area (Å²) in [6.45, 7) is 5.67. The molecule has 104 valence electrons. The van der Waals surface area contributed by atoms with Crippen molar-refractivity contribution in [1.82, 2.24) is 10.2 Å². The molecule has 0 atom stereocenters. The van der Waals surface area contributed by atoms with E-state index in [0.29, 0.717) is 18.1 Å². The summed E-state index contributed by atoms with van der Waals surface area (Å²) in [5, 5.41) is 3.02. The molecule has 0 bridgehead atoms. The lowest BCUT2D eigenvalue weighted by Gasteiger charge is -2.32. The number of rotatable bonds is 5. The van der Waals surface area contributed by atoms with E-state index in [1.54, 1.807) is 0 Å². The Kier molecular flexibility index (Phi) is 6.54. The first-order valence-electron chi connectivity index (χ1n) is 6.59. The van der Waals surface area contributed by atoms with Crippen molar-refractivity contribution < 1.29 is 9.59 Å². The van der Waals surface area contributed by atoms with Gasteiger partial charge in [-0.15, -0.1) is 0 Å². The van der Waals surface area contributed by atoms with Gasteiger partial charge in [0.2, 0.25) is 11.8 Å². The van der Waals surface area contributed by atoms with E-state index in [2.05, 4.69) is 19.2 Å². The third-order valence-electron chi connectivity index (χ3n) is 3.07. The fraction of sp³-hybridized carbons (Fsp3) is 0.846. The second kappa shape index (κ2) is 7.67. The van der Waals surface area contributed by atoms with E-state index in [1.165, 1.54) is 11.8 Å². The van der Waals surface area contributed by atoms with Crippen molar-refractivity contribution in [2.75, 3.05) is 25.1 Å². The topological polar surface area (TPSA) is 49.4 Å². The molecule has 0 unspecified atom stereocenters. The van der Waals surface area contributed by atoms with E-state index < -0.39 is 0 Å². The van der Waals surface area contributed by atoms with Crippen LogP contribution in [0.25, 0.3) is 0 Å². The Balaban J connectivity index is 2.28. The van der Waals surface area contributed by atoms with E-state index in [0.717, 1.165) is 25.9 Å². The van der Waals surface area contributed by atoms with Gasteiger partial charge in [0.1, 0.15) is 0 Å². The molecule has 1 aliphatic heterocycles. The second-order valence-electron chi connectivity index (χ2n) is 5.25. The molecule has 1 rings (SSSR count).